The second-order valence-electron chi connectivity index (χ2n) is 8.37. The lowest BCUT2D eigenvalue weighted by Gasteiger charge is -2.37. The fourth-order valence-corrected chi connectivity index (χ4v) is 5.32. The van der Waals surface area contributed by atoms with E-state index in [2.05, 4.69) is 12.2 Å². The second-order valence-corrected chi connectivity index (χ2v) is 8.37. The van der Waals surface area contributed by atoms with E-state index in [4.69, 9.17) is 4.74 Å². The number of aryl methyl sites for hydroxylation is 1. The maximum absolute atomic E-state index is 12.8. The van der Waals surface area contributed by atoms with E-state index < -0.39 is 19.1 Å². The number of Topliss-reactive ketones (excluding diaryl/α,β-unsaturated/α-hetero) is 1. The first-order valence-corrected chi connectivity index (χ1v) is 9.75. The van der Waals surface area contributed by atoms with Crippen LogP contribution < -0.4 is 0 Å². The van der Waals surface area contributed by atoms with Crippen LogP contribution in [0.4, 0.5) is 0 Å². The Balaban J connectivity index is 1.21. The van der Waals surface area contributed by atoms with Crippen LogP contribution in [0.1, 0.15) is 22.3 Å². The van der Waals surface area contributed by atoms with Crippen LogP contribution in [-0.2, 0) is 19.1 Å². The molecule has 6 rings (SSSR count). The number of hydrogen-bond donors (Lipinski definition) is 0. The Morgan fingerprint density at radius 3 is 2.14 bits per heavy atom. The fraction of sp³-hybridized carbons (Fsp3) is 0.455. The monoisotopic (exact) mass is 379 g/mol. The summed E-state index contributed by atoms with van der Waals surface area (Å²) in [5, 5.41) is 0. The zero-order chi connectivity index (χ0) is 19.6. The third-order valence-corrected chi connectivity index (χ3v) is 6.78. The van der Waals surface area contributed by atoms with Gasteiger partial charge in [0.1, 0.15) is 6.54 Å². The molecule has 2 bridgehead atoms. The van der Waals surface area contributed by atoms with Crippen LogP contribution in [0.2, 0.25) is 0 Å². The number of rotatable bonds is 5. The van der Waals surface area contributed by atoms with Gasteiger partial charge in [-0.05, 0) is 37.0 Å². The molecule has 1 heterocycles. The van der Waals surface area contributed by atoms with Crippen molar-refractivity contribution in [2.45, 2.75) is 13.3 Å². The first kappa shape index (κ1) is 17.3. The van der Waals surface area contributed by atoms with Crippen molar-refractivity contribution in [3.63, 3.8) is 0 Å². The molecule has 5 aliphatic rings. The molecular formula is C22H21NO5. The standard InChI is InChI=1S/C22H21NO5/c1-11-2-4-12(5-3-11)17(24)10-28-18(25)9-23-21(26)19-13-6-7-14(16-8-15(13)16)20(19)22(23)27/h2-7,13-16,19-20H,8-10H2,1H3/t13-,14+,15-,16-,19+,20-/m1/s1. The highest BCUT2D eigenvalue weighted by Crippen LogP contribution is 2.65. The van der Waals surface area contributed by atoms with Crippen molar-refractivity contribution >= 4 is 23.6 Å². The largest absolute Gasteiger partial charge is 0.456 e. The molecule has 0 unspecified atom stereocenters. The van der Waals surface area contributed by atoms with Gasteiger partial charge in [-0.15, -0.1) is 0 Å². The van der Waals surface area contributed by atoms with Gasteiger partial charge < -0.3 is 4.74 Å². The molecule has 2 saturated carbocycles. The van der Waals surface area contributed by atoms with Crippen LogP contribution >= 0.6 is 0 Å². The summed E-state index contributed by atoms with van der Waals surface area (Å²) in [6, 6.07) is 6.98. The van der Waals surface area contributed by atoms with Crippen LogP contribution in [0.3, 0.4) is 0 Å². The molecule has 1 saturated heterocycles. The predicted octanol–water partition coefficient (Wildman–Crippen LogP) is 1.77. The number of imide groups is 1. The van der Waals surface area contributed by atoms with Gasteiger partial charge in [-0.25, -0.2) is 0 Å². The molecule has 4 aliphatic carbocycles. The van der Waals surface area contributed by atoms with Crippen LogP contribution in [0.15, 0.2) is 36.4 Å². The molecule has 3 fully saturated rings. The minimum atomic E-state index is -0.730. The molecule has 1 aromatic rings. The number of likely N-dealkylation sites (tertiary alicyclic amines) is 1. The van der Waals surface area contributed by atoms with Gasteiger partial charge in [0.05, 0.1) is 11.8 Å². The summed E-state index contributed by atoms with van der Waals surface area (Å²) < 4.78 is 5.05. The molecule has 2 amide bonds. The summed E-state index contributed by atoms with van der Waals surface area (Å²) in [6.07, 6.45) is 5.28. The second kappa shape index (κ2) is 6.12. The Morgan fingerprint density at radius 1 is 1.00 bits per heavy atom. The molecule has 6 nitrogen and oxygen atoms in total. The van der Waals surface area contributed by atoms with E-state index in [1.807, 2.05) is 19.1 Å². The molecule has 1 aromatic carbocycles. The smallest absolute Gasteiger partial charge is 0.326 e. The van der Waals surface area contributed by atoms with Crippen molar-refractivity contribution < 1.29 is 23.9 Å². The number of ketones is 1. The highest BCUT2D eigenvalue weighted by atomic mass is 16.5. The minimum Gasteiger partial charge on any atom is -0.456 e. The lowest BCUT2D eigenvalue weighted by atomic mass is 9.63. The molecule has 0 spiro atoms. The van der Waals surface area contributed by atoms with Crippen molar-refractivity contribution in [2.24, 2.45) is 35.5 Å². The summed E-state index contributed by atoms with van der Waals surface area (Å²) in [5.74, 6) is -0.931. The van der Waals surface area contributed by atoms with Crippen LogP contribution in [-0.4, -0.2) is 41.6 Å². The highest BCUT2D eigenvalue weighted by Gasteiger charge is 2.67. The molecule has 28 heavy (non-hydrogen) atoms. The number of carbonyl (C=O) groups excluding carboxylic acids is 4. The van der Waals surface area contributed by atoms with Crippen molar-refractivity contribution in [3.8, 4) is 0 Å². The molecule has 0 radical (unpaired) electrons. The van der Waals surface area contributed by atoms with E-state index in [-0.39, 0.29) is 41.3 Å². The fourth-order valence-electron chi connectivity index (χ4n) is 5.32. The Hall–Kier alpha value is -2.76. The number of esters is 1. The van der Waals surface area contributed by atoms with Crippen LogP contribution in [0.5, 0.6) is 0 Å². The molecular weight excluding hydrogens is 358 g/mol. The molecule has 6 heteroatoms. The normalized spacial score (nSPS) is 34.2. The average Bonchev–Trinajstić information content (AvgIpc) is 3.48. The number of amides is 2. The van der Waals surface area contributed by atoms with E-state index >= 15 is 0 Å². The van der Waals surface area contributed by atoms with Gasteiger partial charge in [-0.2, -0.15) is 0 Å². The highest BCUT2D eigenvalue weighted by molar-refractivity contribution is 6.08. The lowest BCUT2D eigenvalue weighted by Crippen LogP contribution is -2.40. The molecule has 1 aliphatic heterocycles. The Kier molecular flexibility index (Phi) is 3.79. The number of ether oxygens (including phenoxy) is 1. The van der Waals surface area contributed by atoms with Gasteiger partial charge in [-0.3, -0.25) is 24.1 Å². The summed E-state index contributed by atoms with van der Waals surface area (Å²) in [4.78, 5) is 51.0. The quantitative estimate of drug-likeness (QED) is 0.337. The summed E-state index contributed by atoms with van der Waals surface area (Å²) in [6.45, 7) is 1.10. The number of carbonyl (C=O) groups is 4. The van der Waals surface area contributed by atoms with Gasteiger partial charge in [0.15, 0.2) is 12.4 Å². The van der Waals surface area contributed by atoms with E-state index in [9.17, 15) is 19.2 Å². The maximum Gasteiger partial charge on any atom is 0.326 e. The van der Waals surface area contributed by atoms with E-state index in [1.165, 1.54) is 0 Å². The number of nitrogens with zero attached hydrogens (tertiary/aromatic N) is 1. The third kappa shape index (κ3) is 2.54. The van der Waals surface area contributed by atoms with E-state index in [0.717, 1.165) is 16.9 Å². The first-order chi connectivity index (χ1) is 13.5. The Bertz CT molecular complexity index is 881. The van der Waals surface area contributed by atoms with Crippen molar-refractivity contribution in [1.82, 2.24) is 4.90 Å². The molecule has 0 N–H and O–H groups in total. The summed E-state index contributed by atoms with van der Waals surface area (Å²) >= 11 is 0. The van der Waals surface area contributed by atoms with Crippen molar-refractivity contribution in [2.75, 3.05) is 13.2 Å². The maximum atomic E-state index is 12.8. The van der Waals surface area contributed by atoms with Gasteiger partial charge in [0, 0.05) is 5.56 Å². The summed E-state index contributed by atoms with van der Waals surface area (Å²) in [5.41, 5.74) is 1.49. The molecule has 0 aromatic heterocycles. The van der Waals surface area contributed by atoms with Crippen molar-refractivity contribution in [1.29, 1.82) is 0 Å². The van der Waals surface area contributed by atoms with E-state index in [1.54, 1.807) is 12.1 Å². The summed E-state index contributed by atoms with van der Waals surface area (Å²) in [7, 11) is 0. The van der Waals surface area contributed by atoms with Crippen LogP contribution in [0.25, 0.3) is 0 Å². The van der Waals surface area contributed by atoms with Gasteiger partial charge in [-0.1, -0.05) is 42.0 Å². The molecule has 6 atom stereocenters. The Labute approximate surface area is 162 Å². The lowest BCUT2D eigenvalue weighted by molar-refractivity contribution is -0.152. The Morgan fingerprint density at radius 2 is 1.57 bits per heavy atom. The SMILES string of the molecule is Cc1ccc(C(=O)COC(=O)CN2C(=O)[C@@H]3[C@H]4C=C[C@H]([C@H]5C[C@H]45)[C@@H]3C2=O)cc1. The predicted molar refractivity (Wildman–Crippen MR) is 97.9 cm³/mol. The van der Waals surface area contributed by atoms with Crippen molar-refractivity contribution in [3.05, 3.63) is 47.5 Å². The average molecular weight is 379 g/mol. The number of hydrogen-bond acceptors (Lipinski definition) is 5. The van der Waals surface area contributed by atoms with Gasteiger partial charge in [0.25, 0.3) is 0 Å². The zero-order valence-electron chi connectivity index (χ0n) is 15.5. The number of allylic oxidation sites excluding steroid dienone is 2. The van der Waals surface area contributed by atoms with Crippen LogP contribution in [0, 0.1) is 42.4 Å². The first-order valence-electron chi connectivity index (χ1n) is 9.75. The van der Waals surface area contributed by atoms with E-state index in [0.29, 0.717) is 17.4 Å². The topological polar surface area (TPSA) is 80.8 Å². The zero-order valence-corrected chi connectivity index (χ0v) is 15.5. The molecule has 144 valence electrons. The third-order valence-electron chi connectivity index (χ3n) is 6.78. The van der Waals surface area contributed by atoms with Gasteiger partial charge >= 0.3 is 5.97 Å². The minimum absolute atomic E-state index is 0.126. The van der Waals surface area contributed by atoms with Gasteiger partial charge in [0.2, 0.25) is 11.8 Å². The number of benzene rings is 1.